The van der Waals surface area contributed by atoms with Crippen LogP contribution in [0.4, 0.5) is 10.1 Å². The Kier molecular flexibility index (Phi) is 6.62. The number of halogens is 1. The van der Waals surface area contributed by atoms with E-state index in [0.717, 1.165) is 22.4 Å². The summed E-state index contributed by atoms with van der Waals surface area (Å²) in [5, 5.41) is 2.99. The second-order valence-corrected chi connectivity index (χ2v) is 7.05. The average Bonchev–Trinajstić information content (AvgIpc) is 2.71. The zero-order chi connectivity index (χ0) is 20.8. The molecule has 1 unspecified atom stereocenters. The smallest absolute Gasteiger partial charge is 0.246 e. The minimum Gasteiger partial charge on any atom is -0.494 e. The molecule has 5 heteroatoms. The van der Waals surface area contributed by atoms with E-state index >= 15 is 0 Å². The molecular formula is C24H25FN2O2. The third-order valence-corrected chi connectivity index (χ3v) is 4.77. The van der Waals surface area contributed by atoms with Gasteiger partial charge in [0.05, 0.1) is 7.11 Å². The number of nitrogens with zero attached hydrogens (tertiary/aromatic N) is 1. The fourth-order valence-electron chi connectivity index (χ4n) is 3.28. The van der Waals surface area contributed by atoms with Crippen LogP contribution in [0.3, 0.4) is 0 Å². The molecule has 0 heterocycles. The van der Waals surface area contributed by atoms with Crippen molar-refractivity contribution in [1.29, 1.82) is 0 Å². The number of hydrogen-bond donors (Lipinski definition) is 1. The molecule has 0 radical (unpaired) electrons. The largest absolute Gasteiger partial charge is 0.494 e. The Balaban J connectivity index is 1.83. The van der Waals surface area contributed by atoms with Gasteiger partial charge in [0.2, 0.25) is 5.91 Å². The molecule has 3 rings (SSSR count). The number of benzene rings is 3. The van der Waals surface area contributed by atoms with Gasteiger partial charge in [-0.2, -0.15) is 0 Å². The minimum atomic E-state index is -0.525. The third kappa shape index (κ3) is 5.21. The first-order valence-electron chi connectivity index (χ1n) is 9.43. The van der Waals surface area contributed by atoms with Gasteiger partial charge in [-0.3, -0.25) is 9.69 Å². The summed E-state index contributed by atoms with van der Waals surface area (Å²) in [6, 6.07) is 21.6. The van der Waals surface area contributed by atoms with Crippen LogP contribution < -0.4 is 10.1 Å². The Labute approximate surface area is 170 Å². The first kappa shape index (κ1) is 20.6. The van der Waals surface area contributed by atoms with Gasteiger partial charge < -0.3 is 10.1 Å². The van der Waals surface area contributed by atoms with E-state index in [1.807, 2.05) is 73.5 Å². The number of carbonyl (C=O) groups excluding carboxylic acids is 1. The van der Waals surface area contributed by atoms with Crippen molar-refractivity contribution in [1.82, 2.24) is 4.90 Å². The number of likely N-dealkylation sites (N-methyl/N-ethyl adjacent to an activating group) is 1. The van der Waals surface area contributed by atoms with Crippen LogP contribution in [0.5, 0.6) is 5.75 Å². The van der Waals surface area contributed by atoms with Crippen molar-refractivity contribution in [3.8, 4) is 5.75 Å². The number of hydrogen-bond acceptors (Lipinski definition) is 3. The lowest BCUT2D eigenvalue weighted by Gasteiger charge is -2.28. The molecule has 29 heavy (non-hydrogen) atoms. The molecule has 3 aromatic rings. The maximum absolute atomic E-state index is 14.1. The van der Waals surface area contributed by atoms with E-state index in [4.69, 9.17) is 4.74 Å². The number of rotatable bonds is 7. The summed E-state index contributed by atoms with van der Waals surface area (Å²) in [6.07, 6.45) is 0. The number of aryl methyl sites for hydroxylation is 1. The molecule has 0 saturated heterocycles. The normalized spacial score (nSPS) is 11.9. The van der Waals surface area contributed by atoms with Gasteiger partial charge in [0.1, 0.15) is 6.04 Å². The number of nitrogens with one attached hydrogen (secondary N) is 1. The molecule has 3 aromatic carbocycles. The molecule has 1 amide bonds. The van der Waals surface area contributed by atoms with Crippen LogP contribution in [0.25, 0.3) is 0 Å². The molecule has 0 spiro atoms. The highest BCUT2D eigenvalue weighted by molar-refractivity contribution is 5.95. The molecule has 0 bridgehead atoms. The summed E-state index contributed by atoms with van der Waals surface area (Å²) in [6.45, 7) is 2.40. The van der Waals surface area contributed by atoms with Crippen molar-refractivity contribution < 1.29 is 13.9 Å². The van der Waals surface area contributed by atoms with Crippen molar-refractivity contribution in [2.45, 2.75) is 19.5 Å². The summed E-state index contributed by atoms with van der Waals surface area (Å²) in [5.41, 5.74) is 3.50. The summed E-state index contributed by atoms with van der Waals surface area (Å²) >= 11 is 0. The number of ether oxygens (including phenoxy) is 1. The van der Waals surface area contributed by atoms with Gasteiger partial charge >= 0.3 is 0 Å². The van der Waals surface area contributed by atoms with E-state index in [1.54, 1.807) is 12.1 Å². The highest BCUT2D eigenvalue weighted by atomic mass is 19.1. The topological polar surface area (TPSA) is 41.6 Å². The highest BCUT2D eigenvalue weighted by Crippen LogP contribution is 2.25. The van der Waals surface area contributed by atoms with Gasteiger partial charge in [-0.25, -0.2) is 4.39 Å². The SMILES string of the molecule is COc1ccc(CN(C)C(C(=O)Nc2ccc(C)cc2)c2ccccc2)cc1F. The summed E-state index contributed by atoms with van der Waals surface area (Å²) < 4.78 is 19.1. The van der Waals surface area contributed by atoms with E-state index in [9.17, 15) is 9.18 Å². The first-order chi connectivity index (χ1) is 14.0. The Morgan fingerprint density at radius 2 is 1.76 bits per heavy atom. The lowest BCUT2D eigenvalue weighted by atomic mass is 10.0. The van der Waals surface area contributed by atoms with Crippen molar-refractivity contribution in [3.63, 3.8) is 0 Å². The van der Waals surface area contributed by atoms with E-state index in [-0.39, 0.29) is 11.7 Å². The lowest BCUT2D eigenvalue weighted by Crippen LogP contribution is -2.34. The van der Waals surface area contributed by atoms with Crippen LogP contribution in [0.1, 0.15) is 22.7 Å². The first-order valence-corrected chi connectivity index (χ1v) is 9.43. The molecular weight excluding hydrogens is 367 g/mol. The van der Waals surface area contributed by atoms with Crippen LogP contribution >= 0.6 is 0 Å². The van der Waals surface area contributed by atoms with Crippen molar-refractivity contribution in [2.24, 2.45) is 0 Å². The fourth-order valence-corrected chi connectivity index (χ4v) is 3.28. The summed E-state index contributed by atoms with van der Waals surface area (Å²) in [7, 11) is 3.29. The Bertz CT molecular complexity index is 958. The van der Waals surface area contributed by atoms with Crippen LogP contribution in [0.2, 0.25) is 0 Å². The molecule has 0 fully saturated rings. The van der Waals surface area contributed by atoms with Gasteiger partial charge in [-0.15, -0.1) is 0 Å². The lowest BCUT2D eigenvalue weighted by molar-refractivity contribution is -0.121. The third-order valence-electron chi connectivity index (χ3n) is 4.77. The minimum absolute atomic E-state index is 0.142. The number of methoxy groups -OCH3 is 1. The summed E-state index contributed by atoms with van der Waals surface area (Å²) in [4.78, 5) is 15.1. The van der Waals surface area contributed by atoms with Crippen LogP contribution in [0, 0.1) is 12.7 Å². The molecule has 0 aliphatic rings. The van der Waals surface area contributed by atoms with Crippen LogP contribution in [-0.4, -0.2) is 25.0 Å². The van der Waals surface area contributed by atoms with E-state index in [2.05, 4.69) is 5.32 Å². The van der Waals surface area contributed by atoms with Crippen molar-refractivity contribution in [3.05, 3.63) is 95.3 Å². The molecule has 0 aromatic heterocycles. The quantitative estimate of drug-likeness (QED) is 0.618. The predicted octanol–water partition coefficient (Wildman–Crippen LogP) is 4.95. The molecule has 4 nitrogen and oxygen atoms in total. The van der Waals surface area contributed by atoms with Crippen LogP contribution in [0.15, 0.2) is 72.8 Å². The monoisotopic (exact) mass is 392 g/mol. The maximum Gasteiger partial charge on any atom is 0.246 e. The number of anilines is 1. The zero-order valence-corrected chi connectivity index (χ0v) is 16.9. The molecule has 1 atom stereocenters. The molecule has 1 N–H and O–H groups in total. The van der Waals surface area contributed by atoms with E-state index < -0.39 is 11.9 Å². The summed E-state index contributed by atoms with van der Waals surface area (Å²) in [5.74, 6) is -0.358. The molecule has 150 valence electrons. The van der Waals surface area contributed by atoms with E-state index in [1.165, 1.54) is 13.2 Å². The second kappa shape index (κ2) is 9.34. The van der Waals surface area contributed by atoms with Crippen molar-refractivity contribution in [2.75, 3.05) is 19.5 Å². The maximum atomic E-state index is 14.1. The molecule has 0 aliphatic carbocycles. The Morgan fingerprint density at radius 1 is 1.07 bits per heavy atom. The molecule has 0 aliphatic heterocycles. The standard InChI is InChI=1S/C24H25FN2O2/c1-17-9-12-20(13-10-17)26-24(28)23(19-7-5-4-6-8-19)27(2)16-18-11-14-22(29-3)21(25)15-18/h4-15,23H,16H2,1-3H3,(H,26,28). The fraction of sp³-hybridized carbons (Fsp3) is 0.208. The van der Waals surface area contributed by atoms with Crippen molar-refractivity contribution >= 4 is 11.6 Å². The van der Waals surface area contributed by atoms with Gasteiger partial charge in [0, 0.05) is 12.2 Å². The Hall–Kier alpha value is -3.18. The second-order valence-electron chi connectivity index (χ2n) is 7.05. The van der Waals surface area contributed by atoms with Gasteiger partial charge in [-0.05, 0) is 49.4 Å². The van der Waals surface area contributed by atoms with Gasteiger partial charge in [-0.1, -0.05) is 54.1 Å². The van der Waals surface area contributed by atoms with Gasteiger partial charge in [0.25, 0.3) is 0 Å². The predicted molar refractivity (Wildman–Crippen MR) is 113 cm³/mol. The van der Waals surface area contributed by atoms with Gasteiger partial charge in [0.15, 0.2) is 11.6 Å². The highest BCUT2D eigenvalue weighted by Gasteiger charge is 2.25. The zero-order valence-electron chi connectivity index (χ0n) is 16.9. The van der Waals surface area contributed by atoms with E-state index in [0.29, 0.717) is 6.54 Å². The average molecular weight is 392 g/mol. The van der Waals surface area contributed by atoms with Crippen LogP contribution in [-0.2, 0) is 11.3 Å². The Morgan fingerprint density at radius 3 is 2.38 bits per heavy atom. The number of amides is 1. The number of carbonyl (C=O) groups is 1. The molecule has 0 saturated carbocycles.